The molecule has 0 bridgehead atoms. The van der Waals surface area contributed by atoms with Gasteiger partial charge in [-0.1, -0.05) is 34.1 Å². The molecule has 0 saturated heterocycles. The molecule has 0 aliphatic carbocycles. The Morgan fingerprint density at radius 3 is 2.09 bits per heavy atom. The molecule has 0 aromatic heterocycles. The van der Waals surface area contributed by atoms with E-state index in [2.05, 4.69) is 26.6 Å². The van der Waals surface area contributed by atoms with Crippen molar-refractivity contribution in [1.29, 1.82) is 0 Å². The van der Waals surface area contributed by atoms with Crippen LogP contribution in [0.5, 0.6) is 0 Å². The number of rotatable bonds is 5. The van der Waals surface area contributed by atoms with Crippen molar-refractivity contribution in [3.63, 3.8) is 0 Å². The minimum Gasteiger partial charge on any atom is -0.350 e. The third-order valence-corrected chi connectivity index (χ3v) is 3.31. The monoisotopic (exact) mass is 364 g/mol. The van der Waals surface area contributed by atoms with Crippen LogP contribution < -0.4 is 10.6 Å². The zero-order chi connectivity index (χ0) is 15.9. The minimum absolute atomic E-state index is 0.205. The highest BCUT2D eigenvalue weighted by Crippen LogP contribution is 2.14. The van der Waals surface area contributed by atoms with Gasteiger partial charge in [-0.05, 0) is 30.3 Å². The minimum atomic E-state index is -0.489. The Hall–Kier alpha value is -2.21. The maximum absolute atomic E-state index is 13.2. The van der Waals surface area contributed by atoms with Gasteiger partial charge in [-0.25, -0.2) is 4.39 Å². The molecule has 6 heteroatoms. The highest BCUT2D eigenvalue weighted by Gasteiger charge is 2.08. The molecule has 2 rings (SSSR count). The van der Waals surface area contributed by atoms with E-state index in [1.54, 1.807) is 24.3 Å². The van der Waals surface area contributed by atoms with Gasteiger partial charge in [-0.2, -0.15) is 0 Å². The first-order valence-electron chi connectivity index (χ1n) is 6.64. The van der Waals surface area contributed by atoms with Crippen LogP contribution in [0.3, 0.4) is 0 Å². The molecule has 0 spiro atoms. The number of carbonyl (C=O) groups excluding carboxylic acids is 2. The van der Waals surface area contributed by atoms with Crippen molar-refractivity contribution < 1.29 is 14.0 Å². The zero-order valence-electron chi connectivity index (χ0n) is 11.6. The van der Waals surface area contributed by atoms with E-state index in [1.165, 1.54) is 12.1 Å². The van der Waals surface area contributed by atoms with E-state index in [0.717, 1.165) is 6.07 Å². The topological polar surface area (TPSA) is 58.2 Å². The average molecular weight is 365 g/mol. The van der Waals surface area contributed by atoms with Crippen molar-refractivity contribution in [2.45, 2.75) is 0 Å². The molecular formula is C16H14BrFN2O2. The summed E-state index contributed by atoms with van der Waals surface area (Å²) < 4.78 is 13.7. The van der Waals surface area contributed by atoms with Crippen LogP contribution >= 0.6 is 15.9 Å². The summed E-state index contributed by atoms with van der Waals surface area (Å²) in [6.07, 6.45) is 0. The molecule has 2 amide bonds. The van der Waals surface area contributed by atoms with Crippen LogP contribution in [0, 0.1) is 5.82 Å². The second kappa shape index (κ2) is 7.70. The fourth-order valence-corrected chi connectivity index (χ4v) is 2.30. The molecule has 2 aromatic rings. The van der Waals surface area contributed by atoms with Gasteiger partial charge in [0.15, 0.2) is 0 Å². The van der Waals surface area contributed by atoms with E-state index in [9.17, 15) is 14.0 Å². The van der Waals surface area contributed by atoms with Gasteiger partial charge in [-0.15, -0.1) is 0 Å². The van der Waals surface area contributed by atoms with Crippen molar-refractivity contribution in [3.8, 4) is 0 Å². The van der Waals surface area contributed by atoms with Gasteiger partial charge in [0.2, 0.25) is 0 Å². The van der Waals surface area contributed by atoms with Crippen LogP contribution in [-0.2, 0) is 0 Å². The van der Waals surface area contributed by atoms with Crippen LogP contribution in [0.2, 0.25) is 0 Å². The average Bonchev–Trinajstić information content (AvgIpc) is 2.51. The second-order valence-corrected chi connectivity index (χ2v) is 5.45. The Labute approximate surface area is 135 Å². The molecule has 0 unspecified atom stereocenters. The number of carbonyl (C=O) groups is 2. The van der Waals surface area contributed by atoms with Gasteiger partial charge in [-0.3, -0.25) is 9.59 Å². The standard InChI is InChI=1S/C16H14BrFN2O2/c17-13-8-12(9-14(18)10-13)16(22)20-7-6-19-15(21)11-4-2-1-3-5-11/h1-5,8-10H,6-7H2,(H,19,21)(H,20,22). The molecular weight excluding hydrogens is 351 g/mol. The molecule has 0 fully saturated rings. The molecule has 114 valence electrons. The van der Waals surface area contributed by atoms with E-state index < -0.39 is 11.7 Å². The van der Waals surface area contributed by atoms with E-state index in [1.807, 2.05) is 6.07 Å². The van der Waals surface area contributed by atoms with Crippen molar-refractivity contribution in [2.24, 2.45) is 0 Å². The lowest BCUT2D eigenvalue weighted by Gasteiger charge is -2.07. The van der Waals surface area contributed by atoms with Gasteiger partial charge in [0, 0.05) is 28.7 Å². The quantitative estimate of drug-likeness (QED) is 0.801. The first kappa shape index (κ1) is 16.2. The molecule has 0 aliphatic heterocycles. The fourth-order valence-electron chi connectivity index (χ4n) is 1.83. The Morgan fingerprint density at radius 2 is 1.50 bits per heavy atom. The van der Waals surface area contributed by atoms with E-state index >= 15 is 0 Å². The summed E-state index contributed by atoms with van der Waals surface area (Å²) in [4.78, 5) is 23.6. The van der Waals surface area contributed by atoms with Crippen molar-refractivity contribution in [2.75, 3.05) is 13.1 Å². The van der Waals surface area contributed by atoms with Crippen molar-refractivity contribution in [3.05, 3.63) is 69.9 Å². The summed E-state index contributed by atoms with van der Waals surface area (Å²) in [7, 11) is 0. The number of benzene rings is 2. The summed E-state index contributed by atoms with van der Waals surface area (Å²) >= 11 is 3.13. The summed E-state index contributed by atoms with van der Waals surface area (Å²) in [6.45, 7) is 0.543. The van der Waals surface area contributed by atoms with Gasteiger partial charge in [0.05, 0.1) is 0 Å². The van der Waals surface area contributed by atoms with Gasteiger partial charge in [0.25, 0.3) is 11.8 Å². The lowest BCUT2D eigenvalue weighted by molar-refractivity contribution is 0.0927. The predicted octanol–water partition coefficient (Wildman–Crippen LogP) is 2.75. The summed E-state index contributed by atoms with van der Waals surface area (Å²) in [5.41, 5.74) is 0.782. The summed E-state index contributed by atoms with van der Waals surface area (Å²) in [5.74, 6) is -1.09. The number of hydrogen-bond donors (Lipinski definition) is 2. The summed E-state index contributed by atoms with van der Waals surface area (Å²) in [6, 6.07) is 12.8. The van der Waals surface area contributed by atoms with Gasteiger partial charge >= 0.3 is 0 Å². The van der Waals surface area contributed by atoms with E-state index in [4.69, 9.17) is 0 Å². The van der Waals surface area contributed by atoms with E-state index in [0.29, 0.717) is 10.0 Å². The maximum atomic E-state index is 13.2. The van der Waals surface area contributed by atoms with Crippen molar-refractivity contribution in [1.82, 2.24) is 10.6 Å². The van der Waals surface area contributed by atoms with Crippen LogP contribution in [-0.4, -0.2) is 24.9 Å². The predicted molar refractivity (Wildman–Crippen MR) is 85.2 cm³/mol. The summed E-state index contributed by atoms with van der Waals surface area (Å²) in [5, 5.41) is 5.31. The fraction of sp³-hybridized carbons (Fsp3) is 0.125. The smallest absolute Gasteiger partial charge is 0.251 e. The lowest BCUT2D eigenvalue weighted by atomic mass is 10.2. The van der Waals surface area contributed by atoms with Gasteiger partial charge in [0.1, 0.15) is 5.82 Å². The van der Waals surface area contributed by atoms with Crippen LogP contribution in [0.4, 0.5) is 4.39 Å². The third kappa shape index (κ3) is 4.66. The largest absolute Gasteiger partial charge is 0.350 e. The SMILES string of the molecule is O=C(NCCNC(=O)c1cc(F)cc(Br)c1)c1ccccc1. The Balaban J connectivity index is 1.79. The molecule has 0 saturated carbocycles. The molecule has 22 heavy (non-hydrogen) atoms. The molecule has 4 nitrogen and oxygen atoms in total. The number of nitrogens with one attached hydrogen (secondary N) is 2. The zero-order valence-corrected chi connectivity index (χ0v) is 13.2. The van der Waals surface area contributed by atoms with Crippen LogP contribution in [0.25, 0.3) is 0 Å². The van der Waals surface area contributed by atoms with Crippen LogP contribution in [0.1, 0.15) is 20.7 Å². The lowest BCUT2D eigenvalue weighted by Crippen LogP contribution is -2.34. The number of hydrogen-bond acceptors (Lipinski definition) is 2. The number of amides is 2. The molecule has 0 aliphatic rings. The molecule has 2 aromatic carbocycles. The van der Waals surface area contributed by atoms with E-state index in [-0.39, 0.29) is 24.6 Å². The Bertz CT molecular complexity index is 657. The highest BCUT2D eigenvalue weighted by molar-refractivity contribution is 9.10. The third-order valence-electron chi connectivity index (χ3n) is 2.86. The first-order valence-corrected chi connectivity index (χ1v) is 7.43. The molecule has 2 N–H and O–H groups in total. The molecule has 0 radical (unpaired) electrons. The first-order chi connectivity index (χ1) is 10.6. The Morgan fingerprint density at radius 1 is 0.909 bits per heavy atom. The normalized spacial score (nSPS) is 10.1. The molecule has 0 atom stereocenters. The Kier molecular flexibility index (Phi) is 5.66. The maximum Gasteiger partial charge on any atom is 0.251 e. The highest BCUT2D eigenvalue weighted by atomic mass is 79.9. The number of halogens is 2. The van der Waals surface area contributed by atoms with Gasteiger partial charge < -0.3 is 10.6 Å². The second-order valence-electron chi connectivity index (χ2n) is 4.54. The van der Waals surface area contributed by atoms with Crippen molar-refractivity contribution >= 4 is 27.7 Å². The molecule has 0 heterocycles. The van der Waals surface area contributed by atoms with Crippen LogP contribution in [0.15, 0.2) is 53.0 Å².